The van der Waals surface area contributed by atoms with Crippen molar-refractivity contribution in [3.8, 4) is 0 Å². The zero-order valence-electron chi connectivity index (χ0n) is 5.87. The minimum absolute atomic E-state index is 0.161. The summed E-state index contributed by atoms with van der Waals surface area (Å²) in [5.41, 5.74) is 0. The molecular weight excluding hydrogens is 164 g/mol. The second kappa shape index (κ2) is 3.30. The fourth-order valence-electron chi connectivity index (χ4n) is 0.576. The van der Waals surface area contributed by atoms with Gasteiger partial charge in [-0.05, 0) is 24.4 Å². The van der Waals surface area contributed by atoms with Gasteiger partial charge in [-0.15, -0.1) is 0 Å². The van der Waals surface area contributed by atoms with Crippen molar-refractivity contribution < 1.29 is 13.9 Å². The summed E-state index contributed by atoms with van der Waals surface area (Å²) in [5, 5.41) is 0.186. The Morgan fingerprint density at radius 1 is 1.73 bits per heavy atom. The highest BCUT2D eigenvalue weighted by molar-refractivity contribution is 7.80. The van der Waals surface area contributed by atoms with Crippen LogP contribution in [-0.4, -0.2) is 11.0 Å². The van der Waals surface area contributed by atoms with E-state index >= 15 is 0 Å². The molecular formula is C7H6O3S. The number of hydrogen-bond donors (Lipinski definition) is 0. The van der Waals surface area contributed by atoms with Crippen molar-refractivity contribution in [2.24, 2.45) is 0 Å². The normalized spacial score (nSPS) is 9.18. The molecule has 0 N–H and O–H groups in total. The van der Waals surface area contributed by atoms with Crippen molar-refractivity contribution in [2.75, 3.05) is 0 Å². The van der Waals surface area contributed by atoms with Gasteiger partial charge in [-0.1, -0.05) is 0 Å². The molecule has 0 bridgehead atoms. The van der Waals surface area contributed by atoms with Gasteiger partial charge in [0.2, 0.25) is 5.76 Å². The number of carbonyl (C=O) groups excluding carboxylic acids is 1. The highest BCUT2D eigenvalue weighted by Gasteiger charge is 2.09. The number of ether oxygens (including phenoxy) is 1. The molecule has 1 aromatic heterocycles. The fourth-order valence-corrected chi connectivity index (χ4v) is 0.651. The molecule has 0 unspecified atom stereocenters. The van der Waals surface area contributed by atoms with Crippen LogP contribution in [0.1, 0.15) is 17.5 Å². The number of rotatable bonds is 1. The van der Waals surface area contributed by atoms with Crippen LogP contribution in [0.3, 0.4) is 0 Å². The lowest BCUT2D eigenvalue weighted by Crippen LogP contribution is -2.06. The molecule has 0 saturated heterocycles. The summed E-state index contributed by atoms with van der Waals surface area (Å²) < 4.78 is 9.36. The minimum Gasteiger partial charge on any atom is -0.457 e. The van der Waals surface area contributed by atoms with E-state index in [2.05, 4.69) is 17.0 Å². The van der Waals surface area contributed by atoms with Gasteiger partial charge in [0.1, 0.15) is 0 Å². The van der Waals surface area contributed by atoms with E-state index < -0.39 is 5.97 Å². The number of thiocarbonyl (C=S) groups is 1. The van der Waals surface area contributed by atoms with E-state index in [-0.39, 0.29) is 10.8 Å². The predicted octanol–water partition coefficient (Wildman–Crippen LogP) is 1.78. The topological polar surface area (TPSA) is 39.4 Å². The van der Waals surface area contributed by atoms with Crippen molar-refractivity contribution in [1.29, 1.82) is 0 Å². The van der Waals surface area contributed by atoms with Crippen LogP contribution in [0.15, 0.2) is 22.8 Å². The van der Waals surface area contributed by atoms with Crippen molar-refractivity contribution in [1.82, 2.24) is 0 Å². The summed E-state index contributed by atoms with van der Waals surface area (Å²) in [7, 11) is 0. The summed E-state index contributed by atoms with van der Waals surface area (Å²) in [6, 6.07) is 3.12. The van der Waals surface area contributed by atoms with Crippen LogP contribution in [-0.2, 0) is 4.74 Å². The van der Waals surface area contributed by atoms with E-state index in [4.69, 9.17) is 4.42 Å². The van der Waals surface area contributed by atoms with E-state index in [1.807, 2.05) is 0 Å². The average molecular weight is 170 g/mol. The van der Waals surface area contributed by atoms with Gasteiger partial charge in [-0.3, -0.25) is 0 Å². The first kappa shape index (κ1) is 7.94. The molecule has 11 heavy (non-hydrogen) atoms. The summed E-state index contributed by atoms with van der Waals surface area (Å²) in [6.45, 7) is 1.52. The average Bonchev–Trinajstić information content (AvgIpc) is 2.35. The van der Waals surface area contributed by atoms with E-state index in [9.17, 15) is 4.79 Å². The second-order valence-corrected chi connectivity index (χ2v) is 2.43. The van der Waals surface area contributed by atoms with E-state index in [0.717, 1.165) is 0 Å². The first-order chi connectivity index (χ1) is 5.20. The van der Waals surface area contributed by atoms with Gasteiger partial charge in [-0.2, -0.15) is 0 Å². The summed E-state index contributed by atoms with van der Waals surface area (Å²) >= 11 is 4.56. The van der Waals surface area contributed by atoms with Crippen LogP contribution in [0.4, 0.5) is 0 Å². The Labute approximate surface area is 69.0 Å². The van der Waals surface area contributed by atoms with Crippen molar-refractivity contribution in [2.45, 2.75) is 6.92 Å². The Kier molecular flexibility index (Phi) is 2.38. The van der Waals surface area contributed by atoms with Gasteiger partial charge in [0.25, 0.3) is 0 Å². The quantitative estimate of drug-likeness (QED) is 0.475. The van der Waals surface area contributed by atoms with Crippen LogP contribution in [0.5, 0.6) is 0 Å². The van der Waals surface area contributed by atoms with Crippen LogP contribution >= 0.6 is 12.2 Å². The first-order valence-corrected chi connectivity index (χ1v) is 3.37. The van der Waals surface area contributed by atoms with Gasteiger partial charge in [0.05, 0.1) is 6.26 Å². The Balaban J connectivity index is 2.64. The second-order valence-electron chi connectivity index (χ2n) is 1.86. The Bertz CT molecular complexity index is 263. The maximum atomic E-state index is 10.9. The maximum absolute atomic E-state index is 10.9. The minimum atomic E-state index is -0.553. The highest BCUT2D eigenvalue weighted by Crippen LogP contribution is 2.02. The van der Waals surface area contributed by atoms with E-state index in [1.54, 1.807) is 6.07 Å². The SMILES string of the molecule is CC(=S)OC(=O)c1ccco1. The molecule has 0 fully saturated rings. The van der Waals surface area contributed by atoms with E-state index in [1.165, 1.54) is 19.3 Å². The highest BCUT2D eigenvalue weighted by atomic mass is 32.1. The third kappa shape index (κ3) is 2.16. The maximum Gasteiger partial charge on any atom is 0.380 e. The molecule has 58 valence electrons. The molecule has 3 nitrogen and oxygen atoms in total. The third-order valence-electron chi connectivity index (χ3n) is 0.959. The van der Waals surface area contributed by atoms with Gasteiger partial charge in [0, 0.05) is 6.92 Å². The van der Waals surface area contributed by atoms with Crippen LogP contribution < -0.4 is 0 Å². The molecule has 0 aliphatic rings. The molecule has 0 saturated carbocycles. The molecule has 4 heteroatoms. The third-order valence-corrected chi connectivity index (χ3v) is 1.04. The zero-order valence-corrected chi connectivity index (χ0v) is 6.68. The number of esters is 1. The Morgan fingerprint density at radius 2 is 2.45 bits per heavy atom. The largest absolute Gasteiger partial charge is 0.457 e. The Morgan fingerprint density at radius 3 is 2.91 bits per heavy atom. The lowest BCUT2D eigenvalue weighted by molar-refractivity contribution is 0.0687. The lowest BCUT2D eigenvalue weighted by atomic mass is 10.5. The molecule has 1 heterocycles. The van der Waals surface area contributed by atoms with Crippen molar-refractivity contribution >= 4 is 23.2 Å². The van der Waals surface area contributed by atoms with Crippen molar-refractivity contribution in [3.63, 3.8) is 0 Å². The molecule has 1 aromatic rings. The molecule has 1 rings (SSSR count). The summed E-state index contributed by atoms with van der Waals surface area (Å²) in [4.78, 5) is 10.9. The fraction of sp³-hybridized carbons (Fsp3) is 0.143. The molecule has 0 spiro atoms. The van der Waals surface area contributed by atoms with Crippen LogP contribution in [0, 0.1) is 0 Å². The molecule has 0 radical (unpaired) electrons. The standard InChI is InChI=1S/C7H6O3S/c1-5(11)10-7(8)6-3-2-4-9-6/h2-4H,1H3. The van der Waals surface area contributed by atoms with Gasteiger partial charge >= 0.3 is 5.97 Å². The Hall–Kier alpha value is -1.16. The van der Waals surface area contributed by atoms with Gasteiger partial charge in [-0.25, -0.2) is 4.79 Å². The zero-order chi connectivity index (χ0) is 8.27. The summed E-state index contributed by atoms with van der Waals surface area (Å²) in [5.74, 6) is -0.392. The van der Waals surface area contributed by atoms with Gasteiger partial charge < -0.3 is 9.15 Å². The van der Waals surface area contributed by atoms with Crippen LogP contribution in [0.2, 0.25) is 0 Å². The van der Waals surface area contributed by atoms with Gasteiger partial charge in [0.15, 0.2) is 5.05 Å². The number of furan rings is 1. The first-order valence-electron chi connectivity index (χ1n) is 2.96. The number of carbonyl (C=O) groups is 1. The molecule has 0 aliphatic heterocycles. The van der Waals surface area contributed by atoms with Crippen LogP contribution in [0.25, 0.3) is 0 Å². The molecule has 0 atom stereocenters. The predicted molar refractivity (Wildman–Crippen MR) is 42.4 cm³/mol. The molecule has 0 aromatic carbocycles. The molecule has 0 aliphatic carbocycles. The summed E-state index contributed by atoms with van der Waals surface area (Å²) in [6.07, 6.45) is 1.40. The van der Waals surface area contributed by atoms with E-state index in [0.29, 0.717) is 0 Å². The number of hydrogen-bond acceptors (Lipinski definition) is 4. The smallest absolute Gasteiger partial charge is 0.380 e. The van der Waals surface area contributed by atoms with Crippen molar-refractivity contribution in [3.05, 3.63) is 24.2 Å². The lowest BCUT2D eigenvalue weighted by Gasteiger charge is -1.96. The molecule has 0 amide bonds. The monoisotopic (exact) mass is 170 g/mol.